The molecule has 2 rings (SSSR count). The van der Waals surface area contributed by atoms with Crippen LogP contribution in [0.2, 0.25) is 0 Å². The first kappa shape index (κ1) is 16.7. The largest absolute Gasteiger partial charge is 0.456 e. The lowest BCUT2D eigenvalue weighted by atomic mass is 10.0. The van der Waals surface area contributed by atoms with Gasteiger partial charge in [0.05, 0.1) is 0 Å². The molecule has 23 heavy (non-hydrogen) atoms. The zero-order chi connectivity index (χ0) is 16.5. The number of esters is 1. The highest BCUT2D eigenvalue weighted by Crippen LogP contribution is 2.18. The van der Waals surface area contributed by atoms with Crippen molar-refractivity contribution in [2.75, 3.05) is 11.9 Å². The zero-order valence-electron chi connectivity index (χ0n) is 13.2. The highest BCUT2D eigenvalue weighted by molar-refractivity contribution is 5.93. The van der Waals surface area contributed by atoms with Gasteiger partial charge in [0.25, 0.3) is 5.91 Å². The second-order valence-corrected chi connectivity index (χ2v) is 5.32. The van der Waals surface area contributed by atoms with Gasteiger partial charge in [-0.3, -0.25) is 9.59 Å². The van der Waals surface area contributed by atoms with Crippen molar-refractivity contribution >= 4 is 17.6 Å². The lowest BCUT2D eigenvalue weighted by molar-refractivity contribution is -0.144. The van der Waals surface area contributed by atoms with Gasteiger partial charge in [-0.25, -0.2) is 0 Å². The molecule has 0 saturated carbocycles. The van der Waals surface area contributed by atoms with Gasteiger partial charge in [0.2, 0.25) is 0 Å². The minimum Gasteiger partial charge on any atom is -0.456 e. The van der Waals surface area contributed by atoms with Gasteiger partial charge in [-0.05, 0) is 36.5 Å². The molecule has 0 fully saturated rings. The summed E-state index contributed by atoms with van der Waals surface area (Å²) in [7, 11) is 0. The van der Waals surface area contributed by atoms with Crippen molar-refractivity contribution in [3.05, 3.63) is 65.7 Å². The van der Waals surface area contributed by atoms with Crippen molar-refractivity contribution < 1.29 is 14.3 Å². The molecule has 0 atom stereocenters. The predicted molar refractivity (Wildman–Crippen MR) is 90.2 cm³/mol. The van der Waals surface area contributed by atoms with Crippen molar-refractivity contribution in [3.63, 3.8) is 0 Å². The molecule has 0 unspecified atom stereocenters. The third-order valence-corrected chi connectivity index (χ3v) is 3.45. The van der Waals surface area contributed by atoms with Crippen molar-refractivity contribution in [2.45, 2.75) is 26.2 Å². The van der Waals surface area contributed by atoms with E-state index in [9.17, 15) is 9.59 Å². The fraction of sp³-hybridized carbons (Fsp3) is 0.263. The number of hydrogen-bond donors (Lipinski definition) is 1. The summed E-state index contributed by atoms with van der Waals surface area (Å²) in [5.74, 6) is -0.785. The van der Waals surface area contributed by atoms with E-state index in [-0.39, 0.29) is 12.5 Å². The van der Waals surface area contributed by atoms with Crippen LogP contribution in [-0.2, 0) is 27.2 Å². The second kappa shape index (κ2) is 8.73. The van der Waals surface area contributed by atoms with E-state index in [1.807, 2.05) is 42.5 Å². The van der Waals surface area contributed by atoms with Crippen LogP contribution in [0, 0.1) is 0 Å². The van der Waals surface area contributed by atoms with Crippen LogP contribution >= 0.6 is 0 Å². The number of carbonyl (C=O) groups is 2. The minimum atomic E-state index is -0.462. The molecule has 0 aliphatic carbocycles. The molecule has 0 bridgehead atoms. The van der Waals surface area contributed by atoms with Crippen LogP contribution < -0.4 is 5.32 Å². The van der Waals surface area contributed by atoms with E-state index in [1.54, 1.807) is 0 Å². The Morgan fingerprint density at radius 3 is 2.39 bits per heavy atom. The molecule has 0 radical (unpaired) electrons. The summed E-state index contributed by atoms with van der Waals surface area (Å²) < 4.78 is 4.70. The number of rotatable bonds is 7. The van der Waals surface area contributed by atoms with Gasteiger partial charge in [-0.15, -0.1) is 0 Å². The number of para-hydroxylation sites is 1. The Kier molecular flexibility index (Phi) is 6.36. The van der Waals surface area contributed by atoms with Crippen LogP contribution in [0.25, 0.3) is 0 Å². The van der Waals surface area contributed by atoms with Gasteiger partial charge < -0.3 is 10.1 Å². The molecule has 0 heterocycles. The summed E-state index contributed by atoms with van der Waals surface area (Å²) in [5, 5.41) is 2.80. The van der Waals surface area contributed by atoms with Crippen LogP contribution in [0.5, 0.6) is 0 Å². The number of carbonyl (C=O) groups excluding carboxylic acids is 2. The molecular weight excluding hydrogens is 290 g/mol. The quantitative estimate of drug-likeness (QED) is 0.798. The molecule has 120 valence electrons. The lowest BCUT2D eigenvalue weighted by Crippen LogP contribution is -2.20. The van der Waals surface area contributed by atoms with E-state index in [0.717, 1.165) is 30.5 Å². The molecule has 1 amide bonds. The van der Waals surface area contributed by atoms with Crippen molar-refractivity contribution in [1.82, 2.24) is 0 Å². The highest BCUT2D eigenvalue weighted by atomic mass is 16.5. The molecule has 4 heteroatoms. The molecular formula is C19H21NO3. The summed E-state index contributed by atoms with van der Waals surface area (Å²) >= 11 is 0. The van der Waals surface area contributed by atoms with Crippen molar-refractivity contribution in [3.8, 4) is 0 Å². The molecule has 4 nitrogen and oxygen atoms in total. The average Bonchev–Trinajstić information content (AvgIpc) is 2.55. The molecule has 0 aliphatic heterocycles. The topological polar surface area (TPSA) is 55.4 Å². The predicted octanol–water partition coefficient (Wildman–Crippen LogP) is 3.36. The number of hydrogen-bond acceptors (Lipinski definition) is 3. The lowest BCUT2D eigenvalue weighted by Gasteiger charge is -2.11. The summed E-state index contributed by atoms with van der Waals surface area (Å²) in [6.07, 6.45) is 2.87. The first-order valence-electron chi connectivity index (χ1n) is 7.70. The molecule has 0 saturated heterocycles. The third kappa shape index (κ3) is 5.94. The maximum atomic E-state index is 11.8. The van der Waals surface area contributed by atoms with Gasteiger partial charge in [0, 0.05) is 12.6 Å². The van der Waals surface area contributed by atoms with E-state index >= 15 is 0 Å². The number of ether oxygens (including phenoxy) is 1. The first-order chi connectivity index (χ1) is 11.1. The molecule has 0 aliphatic rings. The number of amides is 1. The number of aryl methyl sites for hydroxylation is 2. The Balaban J connectivity index is 1.89. The number of anilines is 1. The SMILES string of the molecule is CC(=O)OCC(=O)Nc1ccccc1CCCc1ccccc1. The van der Waals surface area contributed by atoms with Gasteiger partial charge in [-0.1, -0.05) is 48.5 Å². The maximum absolute atomic E-state index is 11.8. The third-order valence-electron chi connectivity index (χ3n) is 3.45. The Bertz CT molecular complexity index is 653. The van der Waals surface area contributed by atoms with E-state index in [0.29, 0.717) is 0 Å². The molecule has 0 spiro atoms. The average molecular weight is 311 g/mol. The Morgan fingerprint density at radius 2 is 1.65 bits per heavy atom. The number of nitrogens with one attached hydrogen (secondary N) is 1. The van der Waals surface area contributed by atoms with Crippen LogP contribution in [0.3, 0.4) is 0 Å². The molecule has 1 N–H and O–H groups in total. The zero-order valence-corrected chi connectivity index (χ0v) is 13.2. The molecule has 2 aromatic carbocycles. The summed E-state index contributed by atoms with van der Waals surface area (Å²) in [6, 6.07) is 18.0. The first-order valence-corrected chi connectivity index (χ1v) is 7.70. The standard InChI is InChI=1S/C19H21NO3/c1-15(21)23-14-19(22)20-18-13-6-5-11-17(18)12-7-10-16-8-3-2-4-9-16/h2-6,8-9,11,13H,7,10,12,14H2,1H3,(H,20,22). The summed E-state index contributed by atoms with van der Waals surface area (Å²) in [4.78, 5) is 22.5. The van der Waals surface area contributed by atoms with Crippen LogP contribution in [-0.4, -0.2) is 18.5 Å². The van der Waals surface area contributed by atoms with Crippen LogP contribution in [0.1, 0.15) is 24.5 Å². The maximum Gasteiger partial charge on any atom is 0.303 e. The smallest absolute Gasteiger partial charge is 0.303 e. The van der Waals surface area contributed by atoms with Crippen molar-refractivity contribution in [2.24, 2.45) is 0 Å². The Morgan fingerprint density at radius 1 is 0.957 bits per heavy atom. The summed E-state index contributed by atoms with van der Waals surface area (Å²) in [6.45, 7) is 1.03. The number of benzene rings is 2. The van der Waals surface area contributed by atoms with E-state index in [2.05, 4.69) is 17.4 Å². The normalized spacial score (nSPS) is 10.1. The fourth-order valence-corrected chi connectivity index (χ4v) is 2.34. The van der Waals surface area contributed by atoms with Crippen LogP contribution in [0.15, 0.2) is 54.6 Å². The molecule has 0 aromatic heterocycles. The van der Waals surface area contributed by atoms with Crippen molar-refractivity contribution in [1.29, 1.82) is 0 Å². The van der Waals surface area contributed by atoms with Crippen LogP contribution in [0.4, 0.5) is 5.69 Å². The van der Waals surface area contributed by atoms with E-state index in [4.69, 9.17) is 4.74 Å². The fourth-order valence-electron chi connectivity index (χ4n) is 2.34. The molecule has 2 aromatic rings. The van der Waals surface area contributed by atoms with Gasteiger partial charge in [-0.2, -0.15) is 0 Å². The van der Waals surface area contributed by atoms with Gasteiger partial charge in [0.1, 0.15) is 0 Å². The Hall–Kier alpha value is -2.62. The Labute approximate surface area is 136 Å². The van der Waals surface area contributed by atoms with E-state index in [1.165, 1.54) is 12.5 Å². The monoisotopic (exact) mass is 311 g/mol. The minimum absolute atomic E-state index is 0.256. The second-order valence-electron chi connectivity index (χ2n) is 5.32. The van der Waals surface area contributed by atoms with Gasteiger partial charge in [0.15, 0.2) is 6.61 Å². The van der Waals surface area contributed by atoms with E-state index < -0.39 is 5.97 Å². The highest BCUT2D eigenvalue weighted by Gasteiger charge is 2.08. The van der Waals surface area contributed by atoms with Gasteiger partial charge >= 0.3 is 5.97 Å². The summed E-state index contributed by atoms with van der Waals surface area (Å²) in [5.41, 5.74) is 3.17.